The quantitative estimate of drug-likeness (QED) is 0.575. The topological polar surface area (TPSA) is 98.9 Å². The van der Waals surface area contributed by atoms with Crippen LogP contribution in [0, 0.1) is 0 Å². The number of β-amino-alcohol motifs (C(OH)–C–C–N with tert-alkyl or cyclic N) is 1. The molecule has 1 aliphatic rings. The zero-order chi connectivity index (χ0) is 13.9. The van der Waals surface area contributed by atoms with Crippen LogP contribution >= 0.6 is 0 Å². The third kappa shape index (κ3) is 3.85. The Kier molecular flexibility index (Phi) is 4.92. The van der Waals surface area contributed by atoms with Crippen LogP contribution in [0.5, 0.6) is 0 Å². The summed E-state index contributed by atoms with van der Waals surface area (Å²) >= 11 is 0. The molecule has 7 heteroatoms. The molecule has 0 spiro atoms. The van der Waals surface area contributed by atoms with Crippen molar-refractivity contribution in [2.75, 3.05) is 27.2 Å². The summed E-state index contributed by atoms with van der Waals surface area (Å²) in [4.78, 5) is 26.5. The number of likely N-dealkylation sites (N-methyl/N-ethyl adjacent to an activating group) is 1. The molecule has 3 unspecified atom stereocenters. The van der Waals surface area contributed by atoms with Gasteiger partial charge in [-0.05, 0) is 27.4 Å². The van der Waals surface area contributed by atoms with Crippen LogP contribution in [0.1, 0.15) is 13.3 Å². The number of urea groups is 1. The average Bonchev–Trinajstić information content (AvgIpc) is 2.56. The van der Waals surface area contributed by atoms with E-state index in [0.29, 0.717) is 19.5 Å². The molecule has 4 N–H and O–H groups in total. The molecule has 0 aliphatic carbocycles. The Morgan fingerprint density at radius 2 is 2.17 bits per heavy atom. The molecule has 18 heavy (non-hydrogen) atoms. The molecule has 3 atom stereocenters. The number of aliphatic hydroxyl groups excluding tert-OH is 1. The number of nitrogens with zero attached hydrogens (tertiary/aromatic N) is 2. The maximum Gasteiger partial charge on any atom is 0.312 e. The second-order valence-electron chi connectivity index (χ2n) is 5.03. The van der Waals surface area contributed by atoms with Crippen LogP contribution < -0.4 is 11.1 Å². The maximum atomic E-state index is 12.1. The monoisotopic (exact) mass is 258 g/mol. The first-order valence-corrected chi connectivity index (χ1v) is 6.00. The van der Waals surface area contributed by atoms with E-state index in [0.717, 1.165) is 0 Å². The van der Waals surface area contributed by atoms with E-state index in [4.69, 9.17) is 5.73 Å². The van der Waals surface area contributed by atoms with Gasteiger partial charge < -0.3 is 26.0 Å². The lowest BCUT2D eigenvalue weighted by atomic mass is 10.2. The summed E-state index contributed by atoms with van der Waals surface area (Å²) < 4.78 is 0. The van der Waals surface area contributed by atoms with E-state index < -0.39 is 18.2 Å². The Balaban J connectivity index is 2.66. The summed E-state index contributed by atoms with van der Waals surface area (Å²) in [5.74, 6) is -0.211. The third-order valence-electron chi connectivity index (χ3n) is 2.98. The van der Waals surface area contributed by atoms with Crippen molar-refractivity contribution in [3.63, 3.8) is 0 Å². The fraction of sp³-hybridized carbons (Fsp3) is 0.818. The largest absolute Gasteiger partial charge is 0.391 e. The standard InChI is InChI=1S/C11H22N4O3/c1-7(13-11(12)18)10(17)15-6-9(16)4-8(15)5-14(2)3/h7-9,16H,4-6H2,1-3H3,(H3,12,13,18). The molecular weight excluding hydrogens is 236 g/mol. The van der Waals surface area contributed by atoms with E-state index in [1.54, 1.807) is 11.8 Å². The third-order valence-corrected chi connectivity index (χ3v) is 2.98. The van der Waals surface area contributed by atoms with Crippen LogP contribution in [-0.2, 0) is 4.79 Å². The van der Waals surface area contributed by atoms with Gasteiger partial charge in [-0.3, -0.25) is 4.79 Å². The molecule has 1 fully saturated rings. The number of rotatable bonds is 4. The Bertz CT molecular complexity index is 321. The highest BCUT2D eigenvalue weighted by atomic mass is 16.3. The van der Waals surface area contributed by atoms with Crippen LogP contribution in [0.3, 0.4) is 0 Å². The summed E-state index contributed by atoms with van der Waals surface area (Å²) in [5.41, 5.74) is 4.99. The molecule has 0 aromatic carbocycles. The molecule has 1 heterocycles. The molecule has 0 aromatic heterocycles. The molecule has 3 amide bonds. The summed E-state index contributed by atoms with van der Waals surface area (Å²) in [5, 5.41) is 12.0. The lowest BCUT2D eigenvalue weighted by Gasteiger charge is -2.29. The lowest BCUT2D eigenvalue weighted by Crippen LogP contribution is -2.51. The first-order valence-electron chi connectivity index (χ1n) is 6.00. The van der Waals surface area contributed by atoms with E-state index >= 15 is 0 Å². The number of hydrogen-bond donors (Lipinski definition) is 3. The van der Waals surface area contributed by atoms with E-state index in [-0.39, 0.29) is 11.9 Å². The smallest absolute Gasteiger partial charge is 0.312 e. The Morgan fingerprint density at radius 3 is 2.67 bits per heavy atom. The highest BCUT2D eigenvalue weighted by molar-refractivity contribution is 5.86. The highest BCUT2D eigenvalue weighted by Crippen LogP contribution is 2.19. The zero-order valence-electron chi connectivity index (χ0n) is 11.1. The van der Waals surface area contributed by atoms with Crippen molar-refractivity contribution in [2.45, 2.75) is 31.5 Å². The number of aliphatic hydroxyl groups is 1. The van der Waals surface area contributed by atoms with Crippen molar-refractivity contribution in [3.05, 3.63) is 0 Å². The molecule has 0 saturated carbocycles. The number of nitrogens with one attached hydrogen (secondary N) is 1. The van der Waals surface area contributed by atoms with Gasteiger partial charge >= 0.3 is 6.03 Å². The van der Waals surface area contributed by atoms with Gasteiger partial charge in [0.05, 0.1) is 6.10 Å². The second-order valence-corrected chi connectivity index (χ2v) is 5.03. The summed E-state index contributed by atoms with van der Waals surface area (Å²) in [6.07, 6.45) is 0.0624. The van der Waals surface area contributed by atoms with Crippen molar-refractivity contribution in [1.29, 1.82) is 0 Å². The van der Waals surface area contributed by atoms with E-state index in [2.05, 4.69) is 5.32 Å². The molecule has 0 bridgehead atoms. The maximum absolute atomic E-state index is 12.1. The van der Waals surface area contributed by atoms with Crippen molar-refractivity contribution in [2.24, 2.45) is 5.73 Å². The van der Waals surface area contributed by atoms with Crippen LogP contribution in [0.2, 0.25) is 0 Å². The van der Waals surface area contributed by atoms with Gasteiger partial charge in [0.25, 0.3) is 0 Å². The number of carbonyl (C=O) groups excluding carboxylic acids is 2. The van der Waals surface area contributed by atoms with E-state index in [1.807, 2.05) is 19.0 Å². The van der Waals surface area contributed by atoms with Gasteiger partial charge in [-0.15, -0.1) is 0 Å². The molecular formula is C11H22N4O3. The number of primary amides is 1. The lowest BCUT2D eigenvalue weighted by molar-refractivity contribution is -0.134. The summed E-state index contributed by atoms with van der Waals surface area (Å²) in [7, 11) is 3.83. The first-order chi connectivity index (χ1) is 8.31. The molecule has 1 saturated heterocycles. The van der Waals surface area contributed by atoms with E-state index in [9.17, 15) is 14.7 Å². The zero-order valence-corrected chi connectivity index (χ0v) is 11.1. The van der Waals surface area contributed by atoms with Gasteiger partial charge in [0.15, 0.2) is 0 Å². The van der Waals surface area contributed by atoms with E-state index in [1.165, 1.54) is 0 Å². The Hall–Kier alpha value is -1.34. The number of likely N-dealkylation sites (tertiary alicyclic amines) is 1. The Labute approximate surface area is 107 Å². The fourth-order valence-electron chi connectivity index (χ4n) is 2.28. The predicted octanol–water partition coefficient (Wildman–Crippen LogP) is -1.43. The second kappa shape index (κ2) is 6.01. The minimum atomic E-state index is -0.722. The van der Waals surface area contributed by atoms with Crippen molar-refractivity contribution >= 4 is 11.9 Å². The number of nitrogens with two attached hydrogens (primary N) is 1. The van der Waals surface area contributed by atoms with Gasteiger partial charge in [0.1, 0.15) is 6.04 Å². The van der Waals surface area contributed by atoms with Crippen LogP contribution in [0.15, 0.2) is 0 Å². The van der Waals surface area contributed by atoms with Crippen molar-refractivity contribution in [1.82, 2.24) is 15.1 Å². The van der Waals surface area contributed by atoms with Gasteiger partial charge in [-0.1, -0.05) is 0 Å². The van der Waals surface area contributed by atoms with Crippen molar-refractivity contribution < 1.29 is 14.7 Å². The van der Waals surface area contributed by atoms with Crippen molar-refractivity contribution in [3.8, 4) is 0 Å². The molecule has 1 rings (SSSR count). The molecule has 0 radical (unpaired) electrons. The molecule has 0 aromatic rings. The van der Waals surface area contributed by atoms with Gasteiger partial charge in [-0.25, -0.2) is 4.79 Å². The number of hydrogen-bond acceptors (Lipinski definition) is 4. The number of carbonyl (C=O) groups is 2. The predicted molar refractivity (Wildman–Crippen MR) is 66.9 cm³/mol. The molecule has 1 aliphatic heterocycles. The van der Waals surface area contributed by atoms with Gasteiger partial charge in [-0.2, -0.15) is 0 Å². The Morgan fingerprint density at radius 1 is 1.56 bits per heavy atom. The van der Waals surface area contributed by atoms with Crippen LogP contribution in [-0.4, -0.2) is 72.2 Å². The first kappa shape index (κ1) is 14.7. The molecule has 104 valence electrons. The SMILES string of the molecule is CC(NC(N)=O)C(=O)N1CC(O)CC1CN(C)C. The van der Waals surface area contributed by atoms with Crippen LogP contribution in [0.25, 0.3) is 0 Å². The number of amides is 3. The minimum absolute atomic E-state index is 0.0281. The summed E-state index contributed by atoms with van der Waals surface area (Å²) in [6.45, 7) is 2.58. The minimum Gasteiger partial charge on any atom is -0.391 e. The van der Waals surface area contributed by atoms with Gasteiger partial charge in [0.2, 0.25) is 5.91 Å². The highest BCUT2D eigenvalue weighted by Gasteiger charge is 2.36. The van der Waals surface area contributed by atoms with Gasteiger partial charge in [0, 0.05) is 19.1 Å². The normalized spacial score (nSPS) is 25.3. The average molecular weight is 258 g/mol. The van der Waals surface area contributed by atoms with Crippen LogP contribution in [0.4, 0.5) is 4.79 Å². The fourth-order valence-corrected chi connectivity index (χ4v) is 2.28. The molecule has 7 nitrogen and oxygen atoms in total. The summed E-state index contributed by atoms with van der Waals surface area (Å²) in [6, 6.07) is -1.42.